The Labute approximate surface area is 137 Å². The number of benzene rings is 2. The van der Waals surface area contributed by atoms with Crippen LogP contribution in [-0.4, -0.2) is 23.9 Å². The fourth-order valence-electron chi connectivity index (χ4n) is 2.05. The summed E-state index contributed by atoms with van der Waals surface area (Å²) in [6.45, 7) is 1.46. The lowest BCUT2D eigenvalue weighted by Crippen LogP contribution is -2.35. The monoisotopic (exact) mass is 366 g/mol. The first-order chi connectivity index (χ1) is 10.1. The van der Waals surface area contributed by atoms with E-state index in [0.29, 0.717) is 34.7 Å². The topological polar surface area (TPSA) is 46.3 Å². The van der Waals surface area contributed by atoms with Crippen LogP contribution >= 0.6 is 27.5 Å². The van der Waals surface area contributed by atoms with Crippen molar-refractivity contribution in [2.45, 2.75) is 6.54 Å². The molecule has 2 N–H and O–H groups in total. The quantitative estimate of drug-likeness (QED) is 0.876. The Morgan fingerprint density at radius 1 is 1.19 bits per heavy atom. The number of nitrogens with zero attached hydrogens (tertiary/aromatic N) is 1. The molecule has 0 saturated carbocycles. The van der Waals surface area contributed by atoms with Crippen LogP contribution in [0, 0.1) is 0 Å². The Balaban J connectivity index is 2.23. The van der Waals surface area contributed by atoms with Gasteiger partial charge in [0.1, 0.15) is 0 Å². The van der Waals surface area contributed by atoms with E-state index in [0.717, 1.165) is 5.56 Å². The maximum Gasteiger partial charge on any atom is 0.255 e. The molecule has 0 unspecified atom stereocenters. The number of amides is 1. The molecule has 0 fully saturated rings. The normalized spacial score (nSPS) is 10.4. The molecule has 2 aromatic rings. The van der Waals surface area contributed by atoms with Crippen molar-refractivity contribution in [2.24, 2.45) is 5.73 Å². The van der Waals surface area contributed by atoms with E-state index in [4.69, 9.17) is 17.3 Å². The van der Waals surface area contributed by atoms with E-state index in [1.54, 1.807) is 23.1 Å². The molecule has 110 valence electrons. The van der Waals surface area contributed by atoms with Crippen LogP contribution in [0.1, 0.15) is 15.9 Å². The summed E-state index contributed by atoms with van der Waals surface area (Å²) in [7, 11) is 0. The van der Waals surface area contributed by atoms with Crippen molar-refractivity contribution in [1.82, 2.24) is 4.90 Å². The van der Waals surface area contributed by atoms with Gasteiger partial charge in [0.2, 0.25) is 0 Å². The third-order valence-electron chi connectivity index (χ3n) is 3.06. The second-order valence-corrected chi connectivity index (χ2v) is 5.92. The number of carbonyl (C=O) groups is 1. The first kappa shape index (κ1) is 16.0. The van der Waals surface area contributed by atoms with Crippen molar-refractivity contribution in [3.63, 3.8) is 0 Å². The molecular formula is C16H16BrClN2O. The highest BCUT2D eigenvalue weighted by Gasteiger charge is 2.18. The van der Waals surface area contributed by atoms with Crippen molar-refractivity contribution >= 4 is 33.4 Å². The van der Waals surface area contributed by atoms with Gasteiger partial charge in [0, 0.05) is 29.1 Å². The largest absolute Gasteiger partial charge is 0.333 e. The highest BCUT2D eigenvalue weighted by atomic mass is 79.9. The van der Waals surface area contributed by atoms with Crippen LogP contribution in [0.15, 0.2) is 53.0 Å². The molecule has 0 aliphatic heterocycles. The average molecular weight is 368 g/mol. The molecule has 0 aliphatic carbocycles. The molecule has 0 radical (unpaired) electrons. The SMILES string of the molecule is NCCN(Cc1ccccc1)C(=O)c1ccc(Cl)cc1Br. The summed E-state index contributed by atoms with van der Waals surface area (Å²) in [5.74, 6) is -0.0622. The van der Waals surface area contributed by atoms with Crippen LogP contribution in [0.4, 0.5) is 0 Å². The Morgan fingerprint density at radius 2 is 1.90 bits per heavy atom. The first-order valence-electron chi connectivity index (χ1n) is 6.60. The lowest BCUT2D eigenvalue weighted by molar-refractivity contribution is 0.0747. The number of hydrogen-bond acceptors (Lipinski definition) is 2. The zero-order chi connectivity index (χ0) is 15.2. The van der Waals surface area contributed by atoms with E-state index < -0.39 is 0 Å². The molecule has 0 heterocycles. The molecule has 2 aromatic carbocycles. The maximum atomic E-state index is 12.7. The lowest BCUT2D eigenvalue weighted by Gasteiger charge is -2.23. The van der Waals surface area contributed by atoms with Crippen LogP contribution in [0.25, 0.3) is 0 Å². The summed E-state index contributed by atoms with van der Waals surface area (Å²) in [4.78, 5) is 14.4. The second kappa shape index (κ2) is 7.59. The van der Waals surface area contributed by atoms with Gasteiger partial charge < -0.3 is 10.6 Å². The van der Waals surface area contributed by atoms with Gasteiger partial charge in [-0.2, -0.15) is 0 Å². The molecule has 5 heteroatoms. The molecule has 0 aromatic heterocycles. The minimum atomic E-state index is -0.0622. The van der Waals surface area contributed by atoms with Gasteiger partial charge in [-0.25, -0.2) is 0 Å². The van der Waals surface area contributed by atoms with Gasteiger partial charge in [-0.05, 0) is 39.7 Å². The Hall–Kier alpha value is -1.36. The van der Waals surface area contributed by atoms with Crippen LogP contribution in [-0.2, 0) is 6.54 Å². The number of rotatable bonds is 5. The average Bonchev–Trinajstić information content (AvgIpc) is 2.47. The summed E-state index contributed by atoms with van der Waals surface area (Å²) in [6.07, 6.45) is 0. The van der Waals surface area contributed by atoms with E-state index in [1.807, 2.05) is 30.3 Å². The predicted molar refractivity (Wildman–Crippen MR) is 89.4 cm³/mol. The van der Waals surface area contributed by atoms with Crippen LogP contribution in [0.5, 0.6) is 0 Å². The fourth-order valence-corrected chi connectivity index (χ4v) is 2.90. The van der Waals surface area contributed by atoms with Gasteiger partial charge in [0.05, 0.1) is 5.56 Å². The molecule has 0 saturated heterocycles. The molecular weight excluding hydrogens is 352 g/mol. The zero-order valence-corrected chi connectivity index (χ0v) is 13.8. The van der Waals surface area contributed by atoms with Gasteiger partial charge in [-0.1, -0.05) is 41.9 Å². The van der Waals surface area contributed by atoms with Gasteiger partial charge in [-0.15, -0.1) is 0 Å². The lowest BCUT2D eigenvalue weighted by atomic mass is 10.1. The molecule has 0 aliphatic rings. The van der Waals surface area contributed by atoms with Crippen molar-refractivity contribution in [3.05, 3.63) is 69.2 Å². The predicted octanol–water partition coefficient (Wildman–Crippen LogP) is 3.70. The molecule has 0 bridgehead atoms. The van der Waals surface area contributed by atoms with E-state index in [1.165, 1.54) is 0 Å². The molecule has 1 amide bonds. The molecule has 3 nitrogen and oxygen atoms in total. The van der Waals surface area contributed by atoms with E-state index >= 15 is 0 Å². The molecule has 21 heavy (non-hydrogen) atoms. The van der Waals surface area contributed by atoms with E-state index in [2.05, 4.69) is 15.9 Å². The minimum Gasteiger partial charge on any atom is -0.333 e. The van der Waals surface area contributed by atoms with Crippen molar-refractivity contribution in [1.29, 1.82) is 0 Å². The Kier molecular flexibility index (Phi) is 5.79. The smallest absolute Gasteiger partial charge is 0.255 e. The highest BCUT2D eigenvalue weighted by Crippen LogP contribution is 2.23. The van der Waals surface area contributed by atoms with Crippen LogP contribution < -0.4 is 5.73 Å². The summed E-state index contributed by atoms with van der Waals surface area (Å²) >= 11 is 9.31. The number of halogens is 2. The Bertz CT molecular complexity index is 619. The van der Waals surface area contributed by atoms with Gasteiger partial charge in [0.25, 0.3) is 5.91 Å². The van der Waals surface area contributed by atoms with E-state index in [9.17, 15) is 4.79 Å². The fraction of sp³-hybridized carbons (Fsp3) is 0.188. The van der Waals surface area contributed by atoms with Gasteiger partial charge >= 0.3 is 0 Å². The second-order valence-electron chi connectivity index (χ2n) is 4.63. The van der Waals surface area contributed by atoms with E-state index in [-0.39, 0.29) is 5.91 Å². The highest BCUT2D eigenvalue weighted by molar-refractivity contribution is 9.10. The van der Waals surface area contributed by atoms with Crippen molar-refractivity contribution in [3.8, 4) is 0 Å². The molecule has 2 rings (SSSR count). The third-order valence-corrected chi connectivity index (χ3v) is 3.96. The number of hydrogen-bond donors (Lipinski definition) is 1. The first-order valence-corrected chi connectivity index (χ1v) is 7.77. The molecule has 0 atom stereocenters. The standard InChI is InChI=1S/C16H16BrClN2O/c17-15-10-13(18)6-7-14(15)16(21)20(9-8-19)11-12-4-2-1-3-5-12/h1-7,10H,8-9,11,19H2. The van der Waals surface area contributed by atoms with Crippen LogP contribution in [0.2, 0.25) is 5.02 Å². The molecule has 0 spiro atoms. The number of carbonyl (C=O) groups excluding carboxylic acids is 1. The van der Waals surface area contributed by atoms with Gasteiger partial charge in [0.15, 0.2) is 0 Å². The van der Waals surface area contributed by atoms with Crippen molar-refractivity contribution < 1.29 is 4.79 Å². The minimum absolute atomic E-state index is 0.0622. The third kappa shape index (κ3) is 4.30. The summed E-state index contributed by atoms with van der Waals surface area (Å²) in [5, 5.41) is 0.590. The maximum absolute atomic E-state index is 12.7. The summed E-state index contributed by atoms with van der Waals surface area (Å²) < 4.78 is 0.690. The summed E-state index contributed by atoms with van der Waals surface area (Å²) in [6, 6.07) is 15.0. The van der Waals surface area contributed by atoms with Gasteiger partial charge in [-0.3, -0.25) is 4.79 Å². The number of nitrogens with two attached hydrogens (primary N) is 1. The summed E-state index contributed by atoms with van der Waals surface area (Å²) in [5.41, 5.74) is 7.29. The van der Waals surface area contributed by atoms with Crippen molar-refractivity contribution in [2.75, 3.05) is 13.1 Å². The van der Waals surface area contributed by atoms with Crippen LogP contribution in [0.3, 0.4) is 0 Å². The zero-order valence-electron chi connectivity index (χ0n) is 11.4. The Morgan fingerprint density at radius 3 is 2.52 bits per heavy atom.